The van der Waals surface area contributed by atoms with Crippen LogP contribution >= 0.6 is 28.1 Å². The molecule has 0 bridgehead atoms. The third kappa shape index (κ3) is 5.07. The van der Waals surface area contributed by atoms with Gasteiger partial charge in [0, 0.05) is 15.7 Å². The minimum absolute atomic E-state index is 0.00676. The first-order valence-electron chi connectivity index (χ1n) is 9.62. The molecule has 0 spiro atoms. The van der Waals surface area contributed by atoms with E-state index in [0.29, 0.717) is 10.9 Å². The summed E-state index contributed by atoms with van der Waals surface area (Å²) in [5.41, 5.74) is 0.212. The zero-order valence-electron chi connectivity index (χ0n) is 16.7. The molecule has 10 heteroatoms. The van der Waals surface area contributed by atoms with E-state index >= 15 is 0 Å². The highest BCUT2D eigenvalue weighted by Gasteiger charge is 2.30. The SMILES string of the molecule is O=C(Nc1cccc(C(F)(F)F)c1)c1ccc2c(=O)n(Cc3cccc(Br)c3)c(=S)[nH]c2c1. The molecule has 1 heterocycles. The average molecular weight is 534 g/mol. The van der Waals surface area contributed by atoms with Crippen molar-refractivity contribution in [1.29, 1.82) is 0 Å². The van der Waals surface area contributed by atoms with Crippen molar-refractivity contribution in [1.82, 2.24) is 9.55 Å². The predicted molar refractivity (Wildman–Crippen MR) is 126 cm³/mol. The number of hydrogen-bond donors (Lipinski definition) is 2. The smallest absolute Gasteiger partial charge is 0.332 e. The molecule has 2 N–H and O–H groups in total. The Hall–Kier alpha value is -3.24. The maximum atomic E-state index is 13.0. The number of nitrogens with one attached hydrogen (secondary N) is 2. The van der Waals surface area contributed by atoms with E-state index in [0.717, 1.165) is 22.2 Å². The molecule has 5 nitrogen and oxygen atoms in total. The highest BCUT2D eigenvalue weighted by molar-refractivity contribution is 9.10. The molecular formula is C23H15BrF3N3O2S. The van der Waals surface area contributed by atoms with E-state index in [1.54, 1.807) is 0 Å². The number of hydrogen-bond acceptors (Lipinski definition) is 3. The third-order valence-corrected chi connectivity index (χ3v) is 5.74. The first kappa shape index (κ1) is 22.9. The van der Waals surface area contributed by atoms with Gasteiger partial charge in [0.05, 0.1) is 23.0 Å². The fraction of sp³-hybridized carbons (Fsp3) is 0.0870. The number of carbonyl (C=O) groups excluding carboxylic acids is 1. The summed E-state index contributed by atoms with van der Waals surface area (Å²) >= 11 is 8.75. The molecule has 0 fully saturated rings. The minimum Gasteiger partial charge on any atom is -0.332 e. The zero-order chi connectivity index (χ0) is 23.8. The fourth-order valence-corrected chi connectivity index (χ4v) is 4.04. The Kier molecular flexibility index (Phi) is 6.22. The number of nitrogens with zero attached hydrogens (tertiary/aromatic N) is 1. The van der Waals surface area contributed by atoms with E-state index in [9.17, 15) is 22.8 Å². The van der Waals surface area contributed by atoms with Crippen LogP contribution in [-0.2, 0) is 12.7 Å². The fourth-order valence-electron chi connectivity index (χ4n) is 3.33. The Bertz CT molecular complexity index is 1500. The zero-order valence-corrected chi connectivity index (χ0v) is 19.1. The topological polar surface area (TPSA) is 66.9 Å². The second-order valence-electron chi connectivity index (χ2n) is 7.24. The molecule has 0 unspecified atom stereocenters. The number of alkyl halides is 3. The van der Waals surface area contributed by atoms with Crippen LogP contribution in [0.5, 0.6) is 0 Å². The maximum absolute atomic E-state index is 13.0. The molecule has 0 saturated heterocycles. The summed E-state index contributed by atoms with van der Waals surface area (Å²) in [6.45, 7) is 0.265. The summed E-state index contributed by atoms with van der Waals surface area (Å²) in [6.07, 6.45) is -4.52. The van der Waals surface area contributed by atoms with Crippen molar-refractivity contribution < 1.29 is 18.0 Å². The van der Waals surface area contributed by atoms with Gasteiger partial charge in [-0.15, -0.1) is 0 Å². The first-order chi connectivity index (χ1) is 15.6. The Balaban J connectivity index is 1.64. The van der Waals surface area contributed by atoms with Crippen LogP contribution in [0.1, 0.15) is 21.5 Å². The number of carbonyl (C=O) groups is 1. The lowest BCUT2D eigenvalue weighted by atomic mass is 10.1. The van der Waals surface area contributed by atoms with E-state index < -0.39 is 17.6 Å². The Morgan fingerprint density at radius 1 is 1.06 bits per heavy atom. The number of amides is 1. The molecular weight excluding hydrogens is 519 g/mol. The van der Waals surface area contributed by atoms with Gasteiger partial charge < -0.3 is 10.3 Å². The predicted octanol–water partition coefficient (Wildman–Crippen LogP) is 6.14. The van der Waals surface area contributed by atoms with Gasteiger partial charge in [0.1, 0.15) is 0 Å². The van der Waals surface area contributed by atoms with Crippen molar-refractivity contribution in [3.8, 4) is 0 Å². The molecule has 1 amide bonds. The second kappa shape index (κ2) is 8.95. The number of halogens is 4. The number of fused-ring (bicyclic) bond motifs is 1. The summed E-state index contributed by atoms with van der Waals surface area (Å²) in [6, 6.07) is 16.2. The van der Waals surface area contributed by atoms with E-state index in [-0.39, 0.29) is 28.1 Å². The molecule has 0 saturated carbocycles. The molecule has 0 aliphatic carbocycles. The Morgan fingerprint density at radius 2 is 1.82 bits per heavy atom. The van der Waals surface area contributed by atoms with E-state index in [2.05, 4.69) is 26.2 Å². The number of aromatic nitrogens is 2. The van der Waals surface area contributed by atoms with Gasteiger partial charge in [0.2, 0.25) is 0 Å². The van der Waals surface area contributed by atoms with Gasteiger partial charge >= 0.3 is 6.18 Å². The quantitative estimate of drug-likeness (QED) is 0.309. The summed E-state index contributed by atoms with van der Waals surface area (Å²) < 4.78 is 41.2. The van der Waals surface area contributed by atoms with Crippen LogP contribution in [0.4, 0.5) is 18.9 Å². The first-order valence-corrected chi connectivity index (χ1v) is 10.8. The normalized spacial score (nSPS) is 11.5. The van der Waals surface area contributed by atoms with Gasteiger partial charge in [-0.2, -0.15) is 13.2 Å². The molecule has 4 aromatic rings. The highest BCUT2D eigenvalue weighted by atomic mass is 79.9. The molecule has 4 rings (SSSR count). The number of rotatable bonds is 4. The second-order valence-corrected chi connectivity index (χ2v) is 8.55. The van der Waals surface area contributed by atoms with E-state index in [1.165, 1.54) is 34.9 Å². The third-order valence-electron chi connectivity index (χ3n) is 4.92. The van der Waals surface area contributed by atoms with Crippen LogP contribution in [0.25, 0.3) is 10.9 Å². The number of benzene rings is 3. The molecule has 168 valence electrons. The van der Waals surface area contributed by atoms with Crippen molar-refractivity contribution in [3.63, 3.8) is 0 Å². The van der Waals surface area contributed by atoms with Crippen LogP contribution in [0.2, 0.25) is 0 Å². The lowest BCUT2D eigenvalue weighted by molar-refractivity contribution is -0.137. The van der Waals surface area contributed by atoms with Crippen LogP contribution in [0.3, 0.4) is 0 Å². The molecule has 0 atom stereocenters. The van der Waals surface area contributed by atoms with Crippen LogP contribution in [0, 0.1) is 4.77 Å². The number of H-pyrrole nitrogens is 1. The average Bonchev–Trinajstić information content (AvgIpc) is 2.76. The molecule has 33 heavy (non-hydrogen) atoms. The summed E-state index contributed by atoms with van der Waals surface area (Å²) in [5.74, 6) is -0.617. The molecule has 0 radical (unpaired) electrons. The van der Waals surface area contributed by atoms with E-state index in [1.807, 2.05) is 24.3 Å². The molecule has 3 aromatic carbocycles. The van der Waals surface area contributed by atoms with Crippen molar-refractivity contribution >= 4 is 50.6 Å². The van der Waals surface area contributed by atoms with Crippen molar-refractivity contribution in [2.75, 3.05) is 5.32 Å². The van der Waals surface area contributed by atoms with Gasteiger partial charge in [0.15, 0.2) is 4.77 Å². The van der Waals surface area contributed by atoms with Gasteiger partial charge in [-0.3, -0.25) is 14.2 Å². The van der Waals surface area contributed by atoms with Crippen molar-refractivity contribution in [3.05, 3.63) is 103 Å². The lowest BCUT2D eigenvalue weighted by Gasteiger charge is -2.11. The summed E-state index contributed by atoms with van der Waals surface area (Å²) in [5, 5.41) is 2.78. The Labute approximate surface area is 199 Å². The van der Waals surface area contributed by atoms with Gasteiger partial charge in [-0.05, 0) is 66.3 Å². The molecule has 1 aromatic heterocycles. The van der Waals surface area contributed by atoms with Gasteiger partial charge in [-0.1, -0.05) is 34.1 Å². The lowest BCUT2D eigenvalue weighted by Crippen LogP contribution is -2.23. The van der Waals surface area contributed by atoms with Crippen LogP contribution in [-0.4, -0.2) is 15.5 Å². The minimum atomic E-state index is -4.52. The van der Waals surface area contributed by atoms with Crippen LogP contribution in [0.15, 0.2) is 76.0 Å². The molecule has 0 aliphatic rings. The Morgan fingerprint density at radius 3 is 2.55 bits per heavy atom. The van der Waals surface area contributed by atoms with Crippen LogP contribution < -0.4 is 10.9 Å². The number of anilines is 1. The van der Waals surface area contributed by atoms with Crippen molar-refractivity contribution in [2.45, 2.75) is 12.7 Å². The molecule has 0 aliphatic heterocycles. The van der Waals surface area contributed by atoms with E-state index in [4.69, 9.17) is 12.2 Å². The summed E-state index contributed by atoms with van der Waals surface area (Å²) in [4.78, 5) is 28.6. The highest BCUT2D eigenvalue weighted by Crippen LogP contribution is 2.30. The monoisotopic (exact) mass is 533 g/mol. The standard InChI is InChI=1S/C23H15BrF3N3O2S/c24-16-5-1-3-13(9-16)12-30-21(32)18-8-7-14(10-19(18)29-22(30)33)20(31)28-17-6-2-4-15(11-17)23(25,26)27/h1-11H,12H2,(H,28,31)(H,29,33). The summed E-state index contributed by atoms with van der Waals surface area (Å²) in [7, 11) is 0. The number of aromatic amines is 1. The van der Waals surface area contributed by atoms with Crippen molar-refractivity contribution in [2.24, 2.45) is 0 Å². The van der Waals surface area contributed by atoms with Gasteiger partial charge in [-0.25, -0.2) is 0 Å². The largest absolute Gasteiger partial charge is 0.416 e. The van der Waals surface area contributed by atoms with Gasteiger partial charge in [0.25, 0.3) is 11.5 Å². The maximum Gasteiger partial charge on any atom is 0.416 e.